The first-order valence-electron chi connectivity index (χ1n) is 8.45. The molecule has 1 aromatic carbocycles. The molecule has 25 heavy (non-hydrogen) atoms. The molecule has 0 aliphatic carbocycles. The number of nitrogens with zero attached hydrogens (tertiary/aromatic N) is 2. The summed E-state index contributed by atoms with van der Waals surface area (Å²) in [6.45, 7) is 10.5. The van der Waals surface area contributed by atoms with E-state index in [-0.39, 0.29) is 11.5 Å². The number of carboxylic acid groups (broad SMARTS) is 1. The van der Waals surface area contributed by atoms with E-state index in [0.717, 1.165) is 17.8 Å². The molecule has 2 rings (SSSR count). The molecule has 6 nitrogen and oxygen atoms in total. The van der Waals surface area contributed by atoms with Gasteiger partial charge in [-0.1, -0.05) is 26.8 Å². The molecule has 1 aromatic heterocycles. The van der Waals surface area contributed by atoms with Crippen LogP contribution in [0.3, 0.4) is 0 Å². The highest BCUT2D eigenvalue weighted by Crippen LogP contribution is 2.22. The predicted molar refractivity (Wildman–Crippen MR) is 97.3 cm³/mol. The SMILES string of the molecule is CCc1c(C(=O)Nc2cc(C(=O)O)c(C)cc2C)cnn1CC(C)C. The molecule has 6 heteroatoms. The lowest BCUT2D eigenvalue weighted by Gasteiger charge is -2.13. The minimum absolute atomic E-state index is 0.187. The maximum atomic E-state index is 12.7. The van der Waals surface area contributed by atoms with Crippen LogP contribution in [-0.4, -0.2) is 26.8 Å². The zero-order chi connectivity index (χ0) is 18.7. The summed E-state index contributed by atoms with van der Waals surface area (Å²) in [5.41, 5.74) is 3.60. The molecule has 0 unspecified atom stereocenters. The maximum absolute atomic E-state index is 12.7. The highest BCUT2D eigenvalue weighted by atomic mass is 16.4. The Hall–Kier alpha value is -2.63. The molecule has 0 radical (unpaired) electrons. The molecule has 0 saturated heterocycles. The van der Waals surface area contributed by atoms with Crippen LogP contribution in [0.5, 0.6) is 0 Å². The maximum Gasteiger partial charge on any atom is 0.336 e. The summed E-state index contributed by atoms with van der Waals surface area (Å²) in [7, 11) is 0. The number of aromatic nitrogens is 2. The van der Waals surface area contributed by atoms with Gasteiger partial charge in [0.1, 0.15) is 0 Å². The molecular formula is C19H25N3O3. The van der Waals surface area contributed by atoms with Gasteiger partial charge in [0.15, 0.2) is 0 Å². The van der Waals surface area contributed by atoms with E-state index in [0.29, 0.717) is 29.2 Å². The van der Waals surface area contributed by atoms with Gasteiger partial charge in [0, 0.05) is 12.2 Å². The van der Waals surface area contributed by atoms with Crippen molar-refractivity contribution >= 4 is 17.6 Å². The first-order valence-corrected chi connectivity index (χ1v) is 8.45. The van der Waals surface area contributed by atoms with Crippen LogP contribution in [0.1, 0.15) is 58.3 Å². The van der Waals surface area contributed by atoms with Crippen LogP contribution in [0.15, 0.2) is 18.3 Å². The van der Waals surface area contributed by atoms with E-state index in [2.05, 4.69) is 24.3 Å². The van der Waals surface area contributed by atoms with Crippen molar-refractivity contribution in [1.29, 1.82) is 0 Å². The number of anilines is 1. The lowest BCUT2D eigenvalue weighted by molar-refractivity contribution is 0.0695. The monoisotopic (exact) mass is 343 g/mol. The fourth-order valence-electron chi connectivity index (χ4n) is 2.88. The highest BCUT2D eigenvalue weighted by Gasteiger charge is 2.18. The Morgan fingerprint density at radius 1 is 1.20 bits per heavy atom. The first-order chi connectivity index (χ1) is 11.7. The Morgan fingerprint density at radius 3 is 2.44 bits per heavy atom. The Kier molecular flexibility index (Phi) is 5.62. The molecule has 1 amide bonds. The number of aromatic carboxylic acids is 1. The minimum atomic E-state index is -1.01. The summed E-state index contributed by atoms with van der Waals surface area (Å²) in [6.07, 6.45) is 2.28. The standard InChI is InChI=1S/C19H25N3O3/c1-6-17-15(9-20-22(17)10-11(2)3)18(23)21-16-8-14(19(24)25)12(4)7-13(16)5/h7-9,11H,6,10H2,1-5H3,(H,21,23)(H,24,25). The summed E-state index contributed by atoms with van der Waals surface area (Å²) in [5, 5.41) is 16.4. The van der Waals surface area contributed by atoms with Gasteiger partial charge >= 0.3 is 5.97 Å². The molecule has 0 aliphatic rings. The molecule has 0 bridgehead atoms. The number of aryl methyl sites for hydroxylation is 2. The fraction of sp³-hybridized carbons (Fsp3) is 0.421. The Labute approximate surface area is 147 Å². The second kappa shape index (κ2) is 7.51. The van der Waals surface area contributed by atoms with Gasteiger partial charge in [-0.15, -0.1) is 0 Å². The van der Waals surface area contributed by atoms with Crippen LogP contribution >= 0.6 is 0 Å². The topological polar surface area (TPSA) is 84.2 Å². The molecule has 0 spiro atoms. The average molecular weight is 343 g/mol. The Balaban J connectivity index is 2.33. The van der Waals surface area contributed by atoms with E-state index in [9.17, 15) is 14.7 Å². The van der Waals surface area contributed by atoms with Crippen molar-refractivity contribution in [3.8, 4) is 0 Å². The van der Waals surface area contributed by atoms with Crippen LogP contribution in [0.2, 0.25) is 0 Å². The van der Waals surface area contributed by atoms with Gasteiger partial charge in [0.05, 0.1) is 23.0 Å². The molecular weight excluding hydrogens is 318 g/mol. The number of amides is 1. The third-order valence-electron chi connectivity index (χ3n) is 4.12. The summed E-state index contributed by atoms with van der Waals surface area (Å²) < 4.78 is 1.87. The number of carboxylic acids is 1. The first kappa shape index (κ1) is 18.7. The van der Waals surface area contributed by atoms with Crippen molar-refractivity contribution in [2.45, 2.75) is 47.6 Å². The number of benzene rings is 1. The fourth-order valence-corrected chi connectivity index (χ4v) is 2.88. The van der Waals surface area contributed by atoms with Crippen molar-refractivity contribution in [3.05, 3.63) is 46.3 Å². The normalized spacial score (nSPS) is 11.0. The van der Waals surface area contributed by atoms with E-state index < -0.39 is 5.97 Å². The van der Waals surface area contributed by atoms with E-state index in [4.69, 9.17) is 0 Å². The van der Waals surface area contributed by atoms with E-state index in [1.807, 2.05) is 18.5 Å². The summed E-state index contributed by atoms with van der Waals surface area (Å²) in [6, 6.07) is 3.27. The quantitative estimate of drug-likeness (QED) is 0.838. The molecule has 2 aromatic rings. The van der Waals surface area contributed by atoms with Crippen molar-refractivity contribution < 1.29 is 14.7 Å². The van der Waals surface area contributed by atoms with Crippen LogP contribution in [0.25, 0.3) is 0 Å². The number of rotatable bonds is 6. The van der Waals surface area contributed by atoms with Gasteiger partial charge in [-0.05, 0) is 43.4 Å². The number of hydrogen-bond donors (Lipinski definition) is 2. The Bertz CT molecular complexity index is 806. The number of hydrogen-bond acceptors (Lipinski definition) is 3. The van der Waals surface area contributed by atoms with Gasteiger partial charge in [-0.3, -0.25) is 9.48 Å². The van der Waals surface area contributed by atoms with Crippen LogP contribution in [0, 0.1) is 19.8 Å². The zero-order valence-corrected chi connectivity index (χ0v) is 15.4. The van der Waals surface area contributed by atoms with E-state index >= 15 is 0 Å². The number of carbonyl (C=O) groups is 2. The largest absolute Gasteiger partial charge is 0.478 e. The zero-order valence-electron chi connectivity index (χ0n) is 15.4. The second-order valence-corrected chi connectivity index (χ2v) is 6.68. The van der Waals surface area contributed by atoms with Crippen LogP contribution in [0.4, 0.5) is 5.69 Å². The van der Waals surface area contributed by atoms with Crippen LogP contribution < -0.4 is 5.32 Å². The predicted octanol–water partition coefficient (Wildman–Crippen LogP) is 3.67. The van der Waals surface area contributed by atoms with Crippen molar-refractivity contribution in [2.24, 2.45) is 5.92 Å². The van der Waals surface area contributed by atoms with E-state index in [1.165, 1.54) is 6.07 Å². The highest BCUT2D eigenvalue weighted by molar-refractivity contribution is 6.06. The van der Waals surface area contributed by atoms with Crippen molar-refractivity contribution in [2.75, 3.05) is 5.32 Å². The molecule has 2 N–H and O–H groups in total. The smallest absolute Gasteiger partial charge is 0.336 e. The number of carbonyl (C=O) groups excluding carboxylic acids is 1. The molecule has 0 fully saturated rings. The third kappa shape index (κ3) is 4.07. The van der Waals surface area contributed by atoms with Gasteiger partial charge in [0.2, 0.25) is 0 Å². The molecule has 0 saturated carbocycles. The lowest BCUT2D eigenvalue weighted by atomic mass is 10.0. The van der Waals surface area contributed by atoms with Gasteiger partial charge < -0.3 is 10.4 Å². The van der Waals surface area contributed by atoms with Crippen molar-refractivity contribution in [1.82, 2.24) is 9.78 Å². The molecule has 0 atom stereocenters. The van der Waals surface area contributed by atoms with Gasteiger partial charge in [-0.25, -0.2) is 4.79 Å². The summed E-state index contributed by atoms with van der Waals surface area (Å²) in [4.78, 5) is 24.0. The van der Waals surface area contributed by atoms with Crippen LogP contribution in [-0.2, 0) is 13.0 Å². The second-order valence-electron chi connectivity index (χ2n) is 6.68. The van der Waals surface area contributed by atoms with Crippen molar-refractivity contribution in [3.63, 3.8) is 0 Å². The molecule has 0 aliphatic heterocycles. The van der Waals surface area contributed by atoms with Gasteiger partial charge in [0.25, 0.3) is 5.91 Å². The molecule has 1 heterocycles. The lowest BCUT2D eigenvalue weighted by Crippen LogP contribution is -2.17. The average Bonchev–Trinajstić information content (AvgIpc) is 2.91. The third-order valence-corrected chi connectivity index (χ3v) is 4.12. The minimum Gasteiger partial charge on any atom is -0.478 e. The van der Waals surface area contributed by atoms with Gasteiger partial charge in [-0.2, -0.15) is 5.10 Å². The summed E-state index contributed by atoms with van der Waals surface area (Å²) in [5.74, 6) is -0.847. The number of nitrogens with one attached hydrogen (secondary N) is 1. The Morgan fingerprint density at radius 2 is 1.88 bits per heavy atom. The van der Waals surface area contributed by atoms with E-state index in [1.54, 1.807) is 19.2 Å². The summed E-state index contributed by atoms with van der Waals surface area (Å²) >= 11 is 0. The molecule has 134 valence electrons.